The van der Waals surface area contributed by atoms with Crippen LogP contribution < -0.4 is 4.74 Å². The SMILES string of the molecule is CCOC(=O)C(Cc1ccc(OCc2ccccc2)cc1)O[Si](C)(C)C(C)(C)C. The Labute approximate surface area is 176 Å². The zero-order valence-corrected chi connectivity index (χ0v) is 19.5. The largest absolute Gasteiger partial charge is 0.489 e. The van der Waals surface area contributed by atoms with E-state index in [0.29, 0.717) is 19.6 Å². The maximum atomic E-state index is 12.5. The first-order chi connectivity index (χ1) is 13.6. The Balaban J connectivity index is 2.05. The third kappa shape index (κ3) is 7.01. The van der Waals surface area contributed by atoms with Crippen molar-refractivity contribution in [2.24, 2.45) is 0 Å². The molecule has 0 amide bonds. The number of hydrogen-bond donors (Lipinski definition) is 0. The highest BCUT2D eigenvalue weighted by Gasteiger charge is 2.41. The summed E-state index contributed by atoms with van der Waals surface area (Å²) in [6.45, 7) is 13.5. The van der Waals surface area contributed by atoms with Gasteiger partial charge in [-0.1, -0.05) is 63.2 Å². The molecule has 2 aromatic carbocycles. The normalized spacial score (nSPS) is 13.0. The van der Waals surface area contributed by atoms with Crippen molar-refractivity contribution in [1.29, 1.82) is 0 Å². The molecule has 4 nitrogen and oxygen atoms in total. The van der Waals surface area contributed by atoms with E-state index < -0.39 is 14.4 Å². The van der Waals surface area contributed by atoms with Crippen LogP contribution in [-0.4, -0.2) is 27.0 Å². The summed E-state index contributed by atoms with van der Waals surface area (Å²) in [6.07, 6.45) is -0.100. The second-order valence-corrected chi connectivity index (χ2v) is 13.5. The van der Waals surface area contributed by atoms with Gasteiger partial charge < -0.3 is 13.9 Å². The summed E-state index contributed by atoms with van der Waals surface area (Å²) in [6, 6.07) is 17.9. The van der Waals surface area contributed by atoms with E-state index in [-0.39, 0.29) is 11.0 Å². The predicted octanol–water partition coefficient (Wildman–Crippen LogP) is 5.76. The van der Waals surface area contributed by atoms with Gasteiger partial charge in [-0.2, -0.15) is 0 Å². The standard InChI is InChI=1S/C24H34O4Si/c1-7-26-23(25)22(28-29(5,6)24(2,3)4)17-19-13-15-21(16-14-19)27-18-20-11-9-8-10-12-20/h8-16,22H,7,17-18H2,1-6H3. The lowest BCUT2D eigenvalue weighted by Crippen LogP contribution is -2.47. The number of rotatable bonds is 9. The molecular formula is C24H34O4Si. The van der Waals surface area contributed by atoms with Crippen LogP contribution in [0.5, 0.6) is 5.75 Å². The zero-order valence-electron chi connectivity index (χ0n) is 18.5. The first kappa shape index (κ1) is 23.2. The minimum Gasteiger partial charge on any atom is -0.489 e. The van der Waals surface area contributed by atoms with Gasteiger partial charge in [0.25, 0.3) is 0 Å². The topological polar surface area (TPSA) is 44.8 Å². The van der Waals surface area contributed by atoms with Crippen molar-refractivity contribution in [2.75, 3.05) is 6.61 Å². The molecule has 0 bridgehead atoms. The van der Waals surface area contributed by atoms with Crippen LogP contribution in [-0.2, 0) is 27.0 Å². The predicted molar refractivity (Wildman–Crippen MR) is 120 cm³/mol. The molecule has 158 valence electrons. The Morgan fingerprint density at radius 3 is 2.14 bits per heavy atom. The van der Waals surface area contributed by atoms with Gasteiger partial charge in [0.15, 0.2) is 8.32 Å². The highest BCUT2D eigenvalue weighted by Crippen LogP contribution is 2.37. The number of carbonyl (C=O) groups is 1. The average molecular weight is 415 g/mol. The molecular weight excluding hydrogens is 380 g/mol. The quantitative estimate of drug-likeness (QED) is 0.386. The van der Waals surface area contributed by atoms with Crippen LogP contribution in [0.1, 0.15) is 38.8 Å². The van der Waals surface area contributed by atoms with E-state index in [1.807, 2.05) is 61.5 Å². The number of carbonyl (C=O) groups excluding carboxylic acids is 1. The van der Waals surface area contributed by atoms with Gasteiger partial charge in [0.05, 0.1) is 6.61 Å². The van der Waals surface area contributed by atoms with Crippen LogP contribution in [0.4, 0.5) is 0 Å². The van der Waals surface area contributed by atoms with Gasteiger partial charge in [-0.15, -0.1) is 0 Å². The van der Waals surface area contributed by atoms with E-state index in [1.54, 1.807) is 0 Å². The molecule has 0 saturated carbocycles. The van der Waals surface area contributed by atoms with Crippen LogP contribution in [0.3, 0.4) is 0 Å². The first-order valence-corrected chi connectivity index (χ1v) is 13.1. The Morgan fingerprint density at radius 1 is 0.966 bits per heavy atom. The summed E-state index contributed by atoms with van der Waals surface area (Å²) in [5.74, 6) is 0.511. The Hall–Kier alpha value is -2.11. The summed E-state index contributed by atoms with van der Waals surface area (Å²) in [5, 5.41) is 0.0207. The van der Waals surface area contributed by atoms with Crippen LogP contribution in [0.15, 0.2) is 54.6 Å². The third-order valence-corrected chi connectivity index (χ3v) is 9.87. The highest BCUT2D eigenvalue weighted by molar-refractivity contribution is 6.74. The molecule has 0 N–H and O–H groups in total. The van der Waals surface area contributed by atoms with Gasteiger partial charge in [-0.25, -0.2) is 4.79 Å². The van der Waals surface area contributed by atoms with Crippen molar-refractivity contribution in [3.8, 4) is 5.75 Å². The van der Waals surface area contributed by atoms with E-state index >= 15 is 0 Å². The summed E-state index contributed by atoms with van der Waals surface area (Å²) < 4.78 is 17.5. The molecule has 5 heteroatoms. The molecule has 0 aliphatic heterocycles. The lowest BCUT2D eigenvalue weighted by molar-refractivity contribution is -0.152. The number of hydrogen-bond acceptors (Lipinski definition) is 4. The molecule has 0 radical (unpaired) electrons. The molecule has 0 aliphatic rings. The van der Waals surface area contributed by atoms with E-state index in [9.17, 15) is 4.79 Å². The molecule has 2 rings (SSSR count). The monoisotopic (exact) mass is 414 g/mol. The fraction of sp³-hybridized carbons (Fsp3) is 0.458. The molecule has 0 spiro atoms. The lowest BCUT2D eigenvalue weighted by atomic mass is 10.1. The van der Waals surface area contributed by atoms with Crippen molar-refractivity contribution in [3.63, 3.8) is 0 Å². The molecule has 0 fully saturated rings. The maximum absolute atomic E-state index is 12.5. The minimum absolute atomic E-state index is 0.0207. The zero-order chi connectivity index (χ0) is 21.5. The fourth-order valence-electron chi connectivity index (χ4n) is 2.62. The molecule has 1 atom stereocenters. The third-order valence-electron chi connectivity index (χ3n) is 5.39. The van der Waals surface area contributed by atoms with Gasteiger partial charge in [-0.05, 0) is 48.3 Å². The van der Waals surface area contributed by atoms with E-state index in [1.165, 1.54) is 0 Å². The Bertz CT molecular complexity index is 764. The lowest BCUT2D eigenvalue weighted by Gasteiger charge is -2.38. The first-order valence-electron chi connectivity index (χ1n) is 10.2. The molecule has 2 aromatic rings. The van der Waals surface area contributed by atoms with E-state index in [2.05, 4.69) is 33.9 Å². The van der Waals surface area contributed by atoms with Crippen LogP contribution >= 0.6 is 0 Å². The molecule has 1 unspecified atom stereocenters. The molecule has 0 aromatic heterocycles. The van der Waals surface area contributed by atoms with Gasteiger partial charge in [0.2, 0.25) is 0 Å². The Kier molecular flexibility index (Phi) is 8.05. The maximum Gasteiger partial charge on any atom is 0.334 e. The molecule has 0 saturated heterocycles. The van der Waals surface area contributed by atoms with Crippen LogP contribution in [0.25, 0.3) is 0 Å². The van der Waals surface area contributed by atoms with Crippen molar-refractivity contribution in [1.82, 2.24) is 0 Å². The second kappa shape index (κ2) is 10.1. The fourth-order valence-corrected chi connectivity index (χ4v) is 3.86. The summed E-state index contributed by atoms with van der Waals surface area (Å²) in [7, 11) is -2.10. The van der Waals surface area contributed by atoms with Crippen molar-refractivity contribution >= 4 is 14.3 Å². The summed E-state index contributed by atoms with van der Waals surface area (Å²) in [4.78, 5) is 12.5. The van der Waals surface area contributed by atoms with Crippen molar-refractivity contribution in [3.05, 3.63) is 65.7 Å². The van der Waals surface area contributed by atoms with Crippen molar-refractivity contribution < 1.29 is 18.7 Å². The number of benzene rings is 2. The van der Waals surface area contributed by atoms with Gasteiger partial charge in [0, 0.05) is 6.42 Å². The number of ether oxygens (including phenoxy) is 2. The minimum atomic E-state index is -2.10. The smallest absolute Gasteiger partial charge is 0.334 e. The summed E-state index contributed by atoms with van der Waals surface area (Å²) in [5.41, 5.74) is 2.15. The molecule has 29 heavy (non-hydrogen) atoms. The van der Waals surface area contributed by atoms with Crippen molar-refractivity contribution in [2.45, 2.75) is 65.0 Å². The van der Waals surface area contributed by atoms with Gasteiger partial charge in [0.1, 0.15) is 18.5 Å². The second-order valence-electron chi connectivity index (χ2n) is 8.74. The highest BCUT2D eigenvalue weighted by atomic mass is 28.4. The van der Waals surface area contributed by atoms with E-state index in [4.69, 9.17) is 13.9 Å². The number of esters is 1. The summed E-state index contributed by atoms with van der Waals surface area (Å²) >= 11 is 0. The van der Waals surface area contributed by atoms with E-state index in [0.717, 1.165) is 16.9 Å². The molecule has 0 aliphatic carbocycles. The Morgan fingerprint density at radius 2 is 1.59 bits per heavy atom. The van der Waals surface area contributed by atoms with Crippen LogP contribution in [0.2, 0.25) is 18.1 Å². The van der Waals surface area contributed by atoms with Crippen LogP contribution in [0, 0.1) is 0 Å². The average Bonchev–Trinajstić information content (AvgIpc) is 2.67. The molecule has 0 heterocycles. The van der Waals surface area contributed by atoms with Gasteiger partial charge >= 0.3 is 5.97 Å². The van der Waals surface area contributed by atoms with Gasteiger partial charge in [-0.3, -0.25) is 0 Å².